The third kappa shape index (κ3) is 5.00. The lowest BCUT2D eigenvalue weighted by Crippen LogP contribution is -1.99. The largest absolute Gasteiger partial charge is 0.494 e. The maximum absolute atomic E-state index is 5.71. The maximum Gasteiger partial charge on any atom is 0.122 e. The summed E-state index contributed by atoms with van der Waals surface area (Å²) in [5.41, 5.74) is 1.07. The van der Waals surface area contributed by atoms with E-state index in [0.29, 0.717) is 6.54 Å². The quantitative estimate of drug-likeness (QED) is 0.663. The fraction of sp³-hybridized carbons (Fsp3) is 0.412. The van der Waals surface area contributed by atoms with Gasteiger partial charge in [0.25, 0.3) is 0 Å². The zero-order valence-electron chi connectivity index (χ0n) is 12.1. The standard InChI is InChI=1S/C17H23NO2/c1-2-3-4-5-12-19-16-10-8-15(9-11-16)18-14-17-7-6-13-20-17/h6-11,13,18H,2-5,12,14H2,1H3. The topological polar surface area (TPSA) is 34.4 Å². The summed E-state index contributed by atoms with van der Waals surface area (Å²) in [5, 5.41) is 3.31. The number of hydrogen-bond acceptors (Lipinski definition) is 3. The van der Waals surface area contributed by atoms with Gasteiger partial charge in [-0.15, -0.1) is 0 Å². The van der Waals surface area contributed by atoms with E-state index in [-0.39, 0.29) is 0 Å². The predicted octanol–water partition coefficient (Wildman–Crippen LogP) is 4.85. The van der Waals surface area contributed by atoms with Crippen molar-refractivity contribution in [3.05, 3.63) is 48.4 Å². The molecule has 0 aliphatic rings. The van der Waals surface area contributed by atoms with Crippen molar-refractivity contribution < 1.29 is 9.15 Å². The van der Waals surface area contributed by atoms with Crippen LogP contribution >= 0.6 is 0 Å². The molecule has 0 unspecified atom stereocenters. The highest BCUT2D eigenvalue weighted by atomic mass is 16.5. The summed E-state index contributed by atoms with van der Waals surface area (Å²) in [7, 11) is 0. The van der Waals surface area contributed by atoms with Gasteiger partial charge in [0.15, 0.2) is 0 Å². The lowest BCUT2D eigenvalue weighted by molar-refractivity contribution is 0.305. The van der Waals surface area contributed by atoms with E-state index < -0.39 is 0 Å². The molecule has 2 aromatic rings. The van der Waals surface area contributed by atoms with Gasteiger partial charge in [-0.05, 0) is 42.8 Å². The van der Waals surface area contributed by atoms with Crippen molar-refractivity contribution in [1.82, 2.24) is 0 Å². The molecule has 0 saturated heterocycles. The first-order chi connectivity index (χ1) is 9.88. The minimum absolute atomic E-state index is 0.699. The number of furan rings is 1. The summed E-state index contributed by atoms with van der Waals surface area (Å²) in [4.78, 5) is 0. The van der Waals surface area contributed by atoms with Crippen LogP contribution in [0.25, 0.3) is 0 Å². The van der Waals surface area contributed by atoms with Crippen LogP contribution in [-0.4, -0.2) is 6.61 Å². The number of rotatable bonds is 9. The molecule has 1 N–H and O–H groups in total. The van der Waals surface area contributed by atoms with Gasteiger partial charge in [-0.3, -0.25) is 0 Å². The van der Waals surface area contributed by atoms with E-state index in [1.54, 1.807) is 6.26 Å². The molecule has 0 amide bonds. The summed E-state index contributed by atoms with van der Waals surface area (Å²) in [5.74, 6) is 1.87. The molecule has 0 radical (unpaired) electrons. The van der Waals surface area contributed by atoms with E-state index in [1.165, 1.54) is 19.3 Å². The first-order valence-corrected chi connectivity index (χ1v) is 7.37. The van der Waals surface area contributed by atoms with Crippen molar-refractivity contribution in [1.29, 1.82) is 0 Å². The molecule has 20 heavy (non-hydrogen) atoms. The van der Waals surface area contributed by atoms with Gasteiger partial charge >= 0.3 is 0 Å². The molecule has 3 nitrogen and oxygen atoms in total. The van der Waals surface area contributed by atoms with Crippen molar-refractivity contribution in [2.45, 2.75) is 39.2 Å². The minimum atomic E-state index is 0.699. The average Bonchev–Trinajstić information content (AvgIpc) is 2.99. The van der Waals surface area contributed by atoms with Crippen molar-refractivity contribution in [2.24, 2.45) is 0 Å². The van der Waals surface area contributed by atoms with Crippen LogP contribution < -0.4 is 10.1 Å². The second kappa shape index (κ2) is 8.31. The Labute approximate surface area is 121 Å². The third-order valence-corrected chi connectivity index (χ3v) is 3.17. The summed E-state index contributed by atoms with van der Waals surface area (Å²) in [6.45, 7) is 3.72. The van der Waals surface area contributed by atoms with E-state index in [0.717, 1.165) is 30.2 Å². The molecule has 0 bridgehead atoms. The predicted molar refractivity (Wildman–Crippen MR) is 82.1 cm³/mol. The van der Waals surface area contributed by atoms with Crippen molar-refractivity contribution in [2.75, 3.05) is 11.9 Å². The summed E-state index contributed by atoms with van der Waals surface area (Å²) in [6, 6.07) is 11.9. The lowest BCUT2D eigenvalue weighted by Gasteiger charge is -2.08. The zero-order chi connectivity index (χ0) is 14.0. The fourth-order valence-corrected chi connectivity index (χ4v) is 1.99. The van der Waals surface area contributed by atoms with Crippen LogP contribution in [0, 0.1) is 0 Å². The summed E-state index contributed by atoms with van der Waals surface area (Å²) >= 11 is 0. The van der Waals surface area contributed by atoms with Crippen LogP contribution in [0.3, 0.4) is 0 Å². The highest BCUT2D eigenvalue weighted by Crippen LogP contribution is 2.17. The van der Waals surface area contributed by atoms with E-state index in [9.17, 15) is 0 Å². The summed E-state index contributed by atoms with van der Waals surface area (Å²) < 4.78 is 11.0. The highest BCUT2D eigenvalue weighted by Gasteiger charge is 1.98. The van der Waals surface area contributed by atoms with Crippen molar-refractivity contribution in [3.8, 4) is 5.75 Å². The molecule has 2 rings (SSSR count). The van der Waals surface area contributed by atoms with E-state index >= 15 is 0 Å². The Hall–Kier alpha value is -1.90. The number of unbranched alkanes of at least 4 members (excludes halogenated alkanes) is 3. The van der Waals surface area contributed by atoms with E-state index in [2.05, 4.69) is 12.2 Å². The van der Waals surface area contributed by atoms with Crippen LogP contribution in [0.15, 0.2) is 47.1 Å². The van der Waals surface area contributed by atoms with Crippen molar-refractivity contribution >= 4 is 5.69 Å². The normalized spacial score (nSPS) is 10.4. The van der Waals surface area contributed by atoms with Gasteiger partial charge < -0.3 is 14.5 Å². The fourth-order valence-electron chi connectivity index (χ4n) is 1.99. The summed E-state index contributed by atoms with van der Waals surface area (Å²) in [6.07, 6.45) is 6.62. The van der Waals surface area contributed by atoms with E-state index in [4.69, 9.17) is 9.15 Å². The minimum Gasteiger partial charge on any atom is -0.494 e. The van der Waals surface area contributed by atoms with Crippen LogP contribution in [0.1, 0.15) is 38.4 Å². The molecule has 108 valence electrons. The Morgan fingerprint density at radius 2 is 1.90 bits per heavy atom. The SMILES string of the molecule is CCCCCCOc1ccc(NCc2ccco2)cc1. The van der Waals surface area contributed by atoms with Gasteiger partial charge in [-0.1, -0.05) is 26.2 Å². The zero-order valence-corrected chi connectivity index (χ0v) is 12.1. The van der Waals surface area contributed by atoms with Crippen LogP contribution in [-0.2, 0) is 6.54 Å². The van der Waals surface area contributed by atoms with Gasteiger partial charge in [0.05, 0.1) is 19.4 Å². The molecule has 1 heterocycles. The van der Waals surface area contributed by atoms with Gasteiger partial charge in [0.1, 0.15) is 11.5 Å². The second-order valence-corrected chi connectivity index (χ2v) is 4.87. The number of ether oxygens (including phenoxy) is 1. The molecule has 0 saturated carbocycles. The molecule has 1 aromatic heterocycles. The van der Waals surface area contributed by atoms with Crippen LogP contribution in [0.4, 0.5) is 5.69 Å². The lowest BCUT2D eigenvalue weighted by atomic mass is 10.2. The number of benzene rings is 1. The average molecular weight is 273 g/mol. The number of anilines is 1. The van der Waals surface area contributed by atoms with Crippen LogP contribution in [0.5, 0.6) is 5.75 Å². The Morgan fingerprint density at radius 1 is 1.05 bits per heavy atom. The Balaban J connectivity index is 1.69. The molecule has 0 fully saturated rings. The molecule has 0 aliphatic heterocycles. The molecule has 0 atom stereocenters. The molecule has 3 heteroatoms. The molecular weight excluding hydrogens is 250 g/mol. The first-order valence-electron chi connectivity index (χ1n) is 7.37. The van der Waals surface area contributed by atoms with E-state index in [1.807, 2.05) is 36.4 Å². The maximum atomic E-state index is 5.71. The Morgan fingerprint density at radius 3 is 2.60 bits per heavy atom. The monoisotopic (exact) mass is 273 g/mol. The number of hydrogen-bond donors (Lipinski definition) is 1. The molecular formula is C17H23NO2. The van der Waals surface area contributed by atoms with Crippen LogP contribution in [0.2, 0.25) is 0 Å². The highest BCUT2D eigenvalue weighted by molar-refractivity contribution is 5.46. The molecule has 0 spiro atoms. The molecule has 0 aliphatic carbocycles. The number of nitrogens with one attached hydrogen (secondary N) is 1. The Bertz CT molecular complexity index is 462. The first kappa shape index (κ1) is 14.5. The van der Waals surface area contributed by atoms with Gasteiger partial charge in [0, 0.05) is 5.69 Å². The van der Waals surface area contributed by atoms with Gasteiger partial charge in [-0.25, -0.2) is 0 Å². The second-order valence-electron chi connectivity index (χ2n) is 4.87. The smallest absolute Gasteiger partial charge is 0.122 e. The third-order valence-electron chi connectivity index (χ3n) is 3.17. The van der Waals surface area contributed by atoms with Crippen molar-refractivity contribution in [3.63, 3.8) is 0 Å². The Kier molecular flexibility index (Phi) is 6.03. The van der Waals surface area contributed by atoms with Gasteiger partial charge in [0.2, 0.25) is 0 Å². The van der Waals surface area contributed by atoms with Gasteiger partial charge in [-0.2, -0.15) is 0 Å². The molecule has 1 aromatic carbocycles.